The zero-order chi connectivity index (χ0) is 38.8. The zero-order valence-corrected chi connectivity index (χ0v) is 31.0. The molecule has 2 N–H and O–H groups in total. The lowest BCUT2D eigenvalue weighted by molar-refractivity contribution is -0.137. The number of aromatic amines is 1. The molecule has 286 valence electrons. The summed E-state index contributed by atoms with van der Waals surface area (Å²) in [7, 11) is 0. The van der Waals surface area contributed by atoms with Gasteiger partial charge >= 0.3 is 17.0 Å². The van der Waals surface area contributed by atoms with E-state index in [2.05, 4.69) is 10.3 Å². The van der Waals surface area contributed by atoms with Gasteiger partial charge in [0.2, 0.25) is 11.8 Å². The van der Waals surface area contributed by atoms with Crippen LogP contribution in [0.5, 0.6) is 11.5 Å². The number of aromatic nitrogens is 1. The SMILES string of the molecule is CCOC(=O)c1ccc(NC(=O)COc2ccc([C@@H]3c4sc(=O)[nH]c4S[C@@H]4[C@@H]5C[C@@H]([C@@H]6C(=O)N(c7cccc(C(F)(F)F)c7)C(=O)[C@@H]56)[C@H]34)cc2OCC)cc1. The molecular formula is C39H34F3N3O8S2. The summed E-state index contributed by atoms with van der Waals surface area (Å²) in [6.45, 7) is 3.70. The highest BCUT2D eigenvalue weighted by atomic mass is 32.2. The Hall–Kier alpha value is -5.09. The number of nitrogens with one attached hydrogen (secondary N) is 2. The van der Waals surface area contributed by atoms with Crippen LogP contribution in [0.1, 0.15) is 52.5 Å². The summed E-state index contributed by atoms with van der Waals surface area (Å²) < 4.78 is 57.7. The van der Waals surface area contributed by atoms with E-state index in [1.807, 2.05) is 12.1 Å². The quantitative estimate of drug-likeness (QED) is 0.132. The molecule has 2 aliphatic carbocycles. The molecule has 3 aromatic carbocycles. The Morgan fingerprint density at radius 1 is 0.909 bits per heavy atom. The second kappa shape index (κ2) is 14.2. The van der Waals surface area contributed by atoms with E-state index in [-0.39, 0.29) is 59.3 Å². The lowest BCUT2D eigenvalue weighted by Crippen LogP contribution is -2.42. The third-order valence-electron chi connectivity index (χ3n) is 10.8. The minimum atomic E-state index is -4.64. The fourth-order valence-electron chi connectivity index (χ4n) is 8.82. The minimum Gasteiger partial charge on any atom is -0.490 e. The number of H-pyrrole nitrogens is 1. The molecule has 55 heavy (non-hydrogen) atoms. The van der Waals surface area contributed by atoms with Crippen molar-refractivity contribution in [1.82, 2.24) is 4.98 Å². The number of halogens is 3. The van der Waals surface area contributed by atoms with Crippen LogP contribution in [-0.2, 0) is 25.3 Å². The Morgan fingerprint density at radius 2 is 1.65 bits per heavy atom. The first-order chi connectivity index (χ1) is 26.4. The largest absolute Gasteiger partial charge is 0.490 e. The molecule has 8 rings (SSSR count). The van der Waals surface area contributed by atoms with Crippen LogP contribution in [0, 0.1) is 29.6 Å². The average Bonchev–Trinajstić information content (AvgIpc) is 3.90. The molecule has 2 bridgehead atoms. The van der Waals surface area contributed by atoms with Crippen molar-refractivity contribution in [2.24, 2.45) is 29.6 Å². The van der Waals surface area contributed by atoms with Crippen LogP contribution >= 0.6 is 23.1 Å². The lowest BCUT2D eigenvalue weighted by atomic mass is 9.68. The molecule has 4 aromatic rings. The number of anilines is 2. The number of imide groups is 1. The summed E-state index contributed by atoms with van der Waals surface area (Å²) in [4.78, 5) is 70.0. The normalized spacial score (nSPS) is 25.0. The Kier molecular flexibility index (Phi) is 9.52. The average molecular weight is 794 g/mol. The van der Waals surface area contributed by atoms with Gasteiger partial charge in [-0.3, -0.25) is 24.1 Å². The highest BCUT2D eigenvalue weighted by Gasteiger charge is 2.69. The van der Waals surface area contributed by atoms with Crippen molar-refractivity contribution in [3.63, 3.8) is 0 Å². The van der Waals surface area contributed by atoms with Crippen molar-refractivity contribution >= 4 is 58.2 Å². The van der Waals surface area contributed by atoms with Crippen LogP contribution in [0.15, 0.2) is 76.6 Å². The van der Waals surface area contributed by atoms with E-state index in [4.69, 9.17) is 14.2 Å². The van der Waals surface area contributed by atoms with Crippen LogP contribution in [-0.4, -0.2) is 53.7 Å². The fraction of sp³-hybridized carbons (Fsp3) is 0.359. The molecule has 3 fully saturated rings. The number of benzene rings is 3. The van der Waals surface area contributed by atoms with E-state index in [0.717, 1.165) is 38.8 Å². The van der Waals surface area contributed by atoms with Crippen molar-refractivity contribution in [3.05, 3.63) is 98.0 Å². The third kappa shape index (κ3) is 6.48. The Bertz CT molecular complexity index is 2260. The van der Waals surface area contributed by atoms with Gasteiger partial charge in [-0.2, -0.15) is 13.2 Å². The number of hydrogen-bond donors (Lipinski definition) is 2. The molecule has 16 heteroatoms. The van der Waals surface area contributed by atoms with Crippen molar-refractivity contribution in [2.45, 2.75) is 42.6 Å². The molecule has 11 nitrogen and oxygen atoms in total. The summed E-state index contributed by atoms with van der Waals surface area (Å²) in [6.07, 6.45) is -4.04. The number of carbonyl (C=O) groups is 4. The van der Waals surface area contributed by atoms with Gasteiger partial charge in [-0.1, -0.05) is 23.5 Å². The minimum absolute atomic E-state index is 0.0910. The van der Waals surface area contributed by atoms with Gasteiger partial charge in [0.15, 0.2) is 18.1 Å². The lowest BCUT2D eigenvalue weighted by Gasteiger charge is -2.43. The van der Waals surface area contributed by atoms with E-state index in [9.17, 15) is 37.1 Å². The predicted molar refractivity (Wildman–Crippen MR) is 197 cm³/mol. The van der Waals surface area contributed by atoms with Gasteiger partial charge in [0.25, 0.3) is 5.91 Å². The zero-order valence-electron chi connectivity index (χ0n) is 29.4. The summed E-state index contributed by atoms with van der Waals surface area (Å²) in [5, 5.41) is 3.28. The number of ether oxygens (including phenoxy) is 3. The van der Waals surface area contributed by atoms with Gasteiger partial charge in [0, 0.05) is 21.7 Å². The summed E-state index contributed by atoms with van der Waals surface area (Å²) in [5.41, 5.74) is 0.575. The van der Waals surface area contributed by atoms with Crippen molar-refractivity contribution in [3.8, 4) is 11.5 Å². The Balaban J connectivity index is 1.05. The molecular weight excluding hydrogens is 760 g/mol. The third-order valence-corrected chi connectivity index (χ3v) is 13.4. The van der Waals surface area contributed by atoms with Gasteiger partial charge in [0.1, 0.15) is 0 Å². The van der Waals surface area contributed by atoms with Crippen molar-refractivity contribution < 1.29 is 46.6 Å². The number of nitrogens with zero attached hydrogens (tertiary/aromatic N) is 1. The highest BCUT2D eigenvalue weighted by molar-refractivity contribution is 8.00. The van der Waals surface area contributed by atoms with Gasteiger partial charge in [-0.05, 0) is 98.2 Å². The second-order valence-electron chi connectivity index (χ2n) is 13.8. The van der Waals surface area contributed by atoms with Crippen molar-refractivity contribution in [2.75, 3.05) is 30.0 Å². The number of hydrogen-bond acceptors (Lipinski definition) is 10. The number of thiazole rings is 1. The molecule has 3 heterocycles. The molecule has 0 spiro atoms. The molecule has 0 radical (unpaired) electrons. The molecule has 3 amide bonds. The van der Waals surface area contributed by atoms with E-state index >= 15 is 0 Å². The topological polar surface area (TPSA) is 144 Å². The first kappa shape index (κ1) is 36.9. The molecule has 0 unspecified atom stereocenters. The number of thioether (sulfide) groups is 1. The number of carbonyl (C=O) groups excluding carboxylic acids is 4. The summed E-state index contributed by atoms with van der Waals surface area (Å²) in [6, 6.07) is 15.9. The maximum absolute atomic E-state index is 14.1. The molecule has 4 aliphatic rings. The molecule has 7 atom stereocenters. The van der Waals surface area contributed by atoms with Crippen LogP contribution < -0.4 is 24.6 Å². The molecule has 1 saturated heterocycles. The van der Waals surface area contributed by atoms with E-state index in [1.165, 1.54) is 23.9 Å². The van der Waals surface area contributed by atoms with Crippen LogP contribution in [0.25, 0.3) is 0 Å². The van der Waals surface area contributed by atoms with Crippen LogP contribution in [0.2, 0.25) is 0 Å². The highest BCUT2D eigenvalue weighted by Crippen LogP contribution is 2.69. The van der Waals surface area contributed by atoms with E-state index < -0.39 is 47.3 Å². The first-order valence-electron chi connectivity index (χ1n) is 17.8. The van der Waals surface area contributed by atoms with Crippen molar-refractivity contribution in [1.29, 1.82) is 0 Å². The summed E-state index contributed by atoms with van der Waals surface area (Å²) >= 11 is 2.59. The standard InChI is InChI=1S/C39H34F3N3O8S2/c1-3-51-26-14-19(10-13-25(26)53-17-27(46)43-21-11-8-18(9-12-21)37(49)52-4-2)28-29-23-16-24(32(29)54-34-33(28)55-38(50)44-34)31-30(23)35(47)45(36(31)48)22-7-5-6-20(15-22)39(40,41)42/h5-15,23-24,28-32H,3-4,16-17H2,1-2H3,(H,43,46)(H,44,50)/t23-,24-,28+,29-,30+,31+,32-/m1/s1. The van der Waals surface area contributed by atoms with Crippen LogP contribution in [0.4, 0.5) is 24.5 Å². The maximum Gasteiger partial charge on any atom is 0.416 e. The Labute approximate surface area is 320 Å². The number of rotatable bonds is 10. The smallest absolute Gasteiger partial charge is 0.416 e. The van der Waals surface area contributed by atoms with Gasteiger partial charge in [0.05, 0.1) is 46.9 Å². The summed E-state index contributed by atoms with van der Waals surface area (Å²) in [5.74, 6) is -3.63. The van der Waals surface area contributed by atoms with E-state index in [0.29, 0.717) is 34.2 Å². The molecule has 2 saturated carbocycles. The fourth-order valence-corrected chi connectivity index (χ4v) is 11.7. The van der Waals surface area contributed by atoms with Gasteiger partial charge in [-0.25, -0.2) is 4.79 Å². The monoisotopic (exact) mass is 793 g/mol. The van der Waals surface area contributed by atoms with Gasteiger partial charge in [-0.15, -0.1) is 11.8 Å². The maximum atomic E-state index is 14.1. The second-order valence-corrected chi connectivity index (χ2v) is 16.0. The molecule has 2 aliphatic heterocycles. The Morgan fingerprint density at radius 3 is 2.36 bits per heavy atom. The number of fused-ring (bicyclic) bond motifs is 9. The first-order valence-corrected chi connectivity index (χ1v) is 19.5. The van der Waals surface area contributed by atoms with Gasteiger partial charge < -0.3 is 24.5 Å². The number of alkyl halides is 3. The number of amides is 3. The van der Waals surface area contributed by atoms with E-state index in [1.54, 1.807) is 44.2 Å². The number of esters is 1. The van der Waals surface area contributed by atoms with Crippen LogP contribution in [0.3, 0.4) is 0 Å². The predicted octanol–water partition coefficient (Wildman–Crippen LogP) is 6.73. The molecule has 1 aromatic heterocycles.